The summed E-state index contributed by atoms with van der Waals surface area (Å²) in [4.78, 5) is 0.00955. The van der Waals surface area contributed by atoms with E-state index in [2.05, 4.69) is 0 Å². The van der Waals surface area contributed by atoms with Crippen LogP contribution in [0.4, 0.5) is 8.78 Å². The lowest BCUT2D eigenvalue weighted by molar-refractivity contribution is 0.0219. The van der Waals surface area contributed by atoms with E-state index in [9.17, 15) is 17.2 Å². The number of hydrogen-bond acceptors (Lipinski definition) is 4. The molecule has 27 heavy (non-hydrogen) atoms. The molecule has 144 valence electrons. The summed E-state index contributed by atoms with van der Waals surface area (Å²) in [5, 5.41) is 0.386. The molecule has 0 spiro atoms. The lowest BCUT2D eigenvalue weighted by Crippen LogP contribution is -2.49. The topological polar surface area (TPSA) is 52.6 Å². The molecule has 0 saturated carbocycles. The van der Waals surface area contributed by atoms with Crippen LogP contribution >= 0.6 is 11.6 Å². The van der Waals surface area contributed by atoms with Crippen LogP contribution in [0.5, 0.6) is 5.75 Å². The zero-order valence-electron chi connectivity index (χ0n) is 14.3. The van der Waals surface area contributed by atoms with Crippen LogP contribution in [0.2, 0.25) is 5.02 Å². The summed E-state index contributed by atoms with van der Waals surface area (Å²) in [5.74, 6) is -2.46. The summed E-state index contributed by atoms with van der Waals surface area (Å²) in [6, 6.07) is 7.62. The highest BCUT2D eigenvalue weighted by Gasteiger charge is 2.57. The van der Waals surface area contributed by atoms with Crippen LogP contribution in [0.1, 0.15) is 18.4 Å². The SMILES string of the molecule is O=S(=O)(c1ccc(Cl)cc1)[C@@]12CCOC[C@@H]1CCOc1c(F)ccc(F)c12. The summed E-state index contributed by atoms with van der Waals surface area (Å²) in [6.45, 7) is 0.337. The lowest BCUT2D eigenvalue weighted by atomic mass is 9.79. The van der Waals surface area contributed by atoms with E-state index in [1.54, 1.807) is 0 Å². The fourth-order valence-corrected chi connectivity index (χ4v) is 6.59. The zero-order chi connectivity index (χ0) is 19.2. The third kappa shape index (κ3) is 2.75. The van der Waals surface area contributed by atoms with Gasteiger partial charge in [-0.3, -0.25) is 0 Å². The minimum absolute atomic E-state index is 0.00955. The summed E-state index contributed by atoms with van der Waals surface area (Å²) in [5.41, 5.74) is -0.233. The van der Waals surface area contributed by atoms with Gasteiger partial charge in [-0.2, -0.15) is 0 Å². The van der Waals surface area contributed by atoms with Crippen molar-refractivity contribution in [3.8, 4) is 5.75 Å². The molecule has 0 bridgehead atoms. The van der Waals surface area contributed by atoms with Crippen molar-refractivity contribution < 1.29 is 26.7 Å². The number of halogens is 3. The maximum atomic E-state index is 15.0. The quantitative estimate of drug-likeness (QED) is 0.742. The van der Waals surface area contributed by atoms with Crippen molar-refractivity contribution >= 4 is 21.4 Å². The summed E-state index contributed by atoms with van der Waals surface area (Å²) in [7, 11) is -4.10. The molecule has 2 atom stereocenters. The number of benzene rings is 2. The van der Waals surface area contributed by atoms with Crippen molar-refractivity contribution in [2.45, 2.75) is 22.5 Å². The normalized spacial score (nSPS) is 25.1. The maximum Gasteiger partial charge on any atom is 0.188 e. The Morgan fingerprint density at radius 2 is 1.74 bits per heavy atom. The van der Waals surface area contributed by atoms with Gasteiger partial charge in [-0.25, -0.2) is 17.2 Å². The summed E-state index contributed by atoms with van der Waals surface area (Å²) >= 11 is 5.89. The molecule has 2 aromatic rings. The molecule has 1 fully saturated rings. The molecule has 2 aromatic carbocycles. The van der Waals surface area contributed by atoms with E-state index in [1.807, 2.05) is 0 Å². The van der Waals surface area contributed by atoms with Crippen molar-refractivity contribution in [1.29, 1.82) is 0 Å². The van der Waals surface area contributed by atoms with E-state index < -0.39 is 32.1 Å². The van der Waals surface area contributed by atoms with Gasteiger partial charge < -0.3 is 9.47 Å². The Hall–Kier alpha value is -1.70. The minimum atomic E-state index is -4.10. The third-order valence-corrected chi connectivity index (χ3v) is 8.24. The molecule has 0 aromatic heterocycles. The molecule has 4 rings (SSSR count). The molecule has 0 aliphatic carbocycles. The Balaban J connectivity index is 2.05. The fourth-order valence-electron chi connectivity index (χ4n) is 4.12. The fraction of sp³-hybridized carbons (Fsp3) is 0.368. The lowest BCUT2D eigenvalue weighted by Gasteiger charge is -2.42. The van der Waals surface area contributed by atoms with Crippen LogP contribution < -0.4 is 4.74 Å². The van der Waals surface area contributed by atoms with E-state index in [4.69, 9.17) is 21.1 Å². The summed E-state index contributed by atoms with van der Waals surface area (Å²) < 4.78 is 66.3. The van der Waals surface area contributed by atoms with E-state index in [1.165, 1.54) is 24.3 Å². The first kappa shape index (κ1) is 18.7. The van der Waals surface area contributed by atoms with Gasteiger partial charge in [0.2, 0.25) is 0 Å². The molecule has 2 aliphatic heterocycles. The average molecular weight is 415 g/mol. The molecule has 0 radical (unpaired) electrons. The maximum absolute atomic E-state index is 15.0. The van der Waals surface area contributed by atoms with Gasteiger partial charge in [0.15, 0.2) is 21.4 Å². The molecule has 0 unspecified atom stereocenters. The number of rotatable bonds is 2. The smallest absolute Gasteiger partial charge is 0.188 e. The Kier molecular flexibility index (Phi) is 4.64. The molecule has 2 aliphatic rings. The Labute approximate surface area is 161 Å². The van der Waals surface area contributed by atoms with Gasteiger partial charge in [0.05, 0.1) is 23.7 Å². The van der Waals surface area contributed by atoms with Gasteiger partial charge in [-0.05, 0) is 49.2 Å². The highest BCUT2D eigenvalue weighted by molar-refractivity contribution is 7.92. The first-order chi connectivity index (χ1) is 12.9. The van der Waals surface area contributed by atoms with Crippen LogP contribution in [-0.4, -0.2) is 28.2 Å². The van der Waals surface area contributed by atoms with E-state index in [0.29, 0.717) is 11.4 Å². The molecule has 2 heterocycles. The molecule has 0 N–H and O–H groups in total. The first-order valence-corrected chi connectivity index (χ1v) is 10.4. The van der Waals surface area contributed by atoms with Crippen molar-refractivity contribution in [2.24, 2.45) is 5.92 Å². The molecular formula is C19H17ClF2O4S. The number of fused-ring (bicyclic) bond motifs is 3. The number of ether oxygens (including phenoxy) is 2. The van der Waals surface area contributed by atoms with Gasteiger partial charge in [-0.1, -0.05) is 11.6 Å². The molecule has 4 nitrogen and oxygen atoms in total. The second kappa shape index (κ2) is 6.72. The molecule has 0 amide bonds. The van der Waals surface area contributed by atoms with E-state index in [-0.39, 0.29) is 42.4 Å². The van der Waals surface area contributed by atoms with E-state index in [0.717, 1.165) is 12.1 Å². The van der Waals surface area contributed by atoms with Gasteiger partial charge in [-0.15, -0.1) is 0 Å². The van der Waals surface area contributed by atoms with Gasteiger partial charge in [0.25, 0.3) is 0 Å². The van der Waals surface area contributed by atoms with Gasteiger partial charge >= 0.3 is 0 Å². The highest BCUT2D eigenvalue weighted by atomic mass is 35.5. The first-order valence-electron chi connectivity index (χ1n) is 8.57. The number of hydrogen-bond donors (Lipinski definition) is 0. The van der Waals surface area contributed by atoms with Crippen molar-refractivity contribution in [2.75, 3.05) is 19.8 Å². The second-order valence-electron chi connectivity index (χ2n) is 6.74. The van der Waals surface area contributed by atoms with Crippen LogP contribution in [-0.2, 0) is 19.3 Å². The number of sulfone groups is 1. The Bertz CT molecular complexity index is 978. The predicted molar refractivity (Wildman–Crippen MR) is 95.7 cm³/mol. The van der Waals surface area contributed by atoms with Crippen molar-refractivity contribution in [3.63, 3.8) is 0 Å². The van der Waals surface area contributed by atoms with E-state index >= 15 is 0 Å². The largest absolute Gasteiger partial charge is 0.490 e. The molecular weight excluding hydrogens is 398 g/mol. The van der Waals surface area contributed by atoms with Crippen LogP contribution in [0.15, 0.2) is 41.3 Å². The van der Waals surface area contributed by atoms with Gasteiger partial charge in [0.1, 0.15) is 10.6 Å². The molecule has 8 heteroatoms. The average Bonchev–Trinajstić information content (AvgIpc) is 2.84. The Morgan fingerprint density at radius 3 is 2.48 bits per heavy atom. The second-order valence-corrected chi connectivity index (χ2v) is 9.38. The summed E-state index contributed by atoms with van der Waals surface area (Å²) in [6.07, 6.45) is 0.319. The van der Waals surface area contributed by atoms with Crippen LogP contribution in [0.25, 0.3) is 0 Å². The molecule has 1 saturated heterocycles. The Morgan fingerprint density at radius 1 is 1.04 bits per heavy atom. The highest BCUT2D eigenvalue weighted by Crippen LogP contribution is 2.53. The standard InChI is InChI=1S/C19H17ClF2O4S/c20-13-1-3-14(4-2-13)27(23,24)19-8-10-25-11-12(19)7-9-26-18-16(22)6-5-15(21)17(18)19/h1-6,12H,7-11H2/t12-,19-/m0/s1. The van der Waals surface area contributed by atoms with Crippen molar-refractivity contribution in [3.05, 3.63) is 58.6 Å². The minimum Gasteiger partial charge on any atom is -0.490 e. The third-order valence-electron chi connectivity index (χ3n) is 5.39. The zero-order valence-corrected chi connectivity index (χ0v) is 15.8. The predicted octanol–water partition coefficient (Wildman–Crippen LogP) is 4.11. The van der Waals surface area contributed by atoms with Crippen LogP contribution in [0, 0.1) is 17.6 Å². The monoisotopic (exact) mass is 414 g/mol. The van der Waals surface area contributed by atoms with Crippen LogP contribution in [0.3, 0.4) is 0 Å². The van der Waals surface area contributed by atoms with Gasteiger partial charge in [0, 0.05) is 17.5 Å². The van der Waals surface area contributed by atoms with Crippen molar-refractivity contribution in [1.82, 2.24) is 0 Å².